The van der Waals surface area contributed by atoms with Gasteiger partial charge in [-0.25, -0.2) is 0 Å². The molecule has 0 bridgehead atoms. The predicted molar refractivity (Wildman–Crippen MR) is 79.5 cm³/mol. The van der Waals surface area contributed by atoms with Crippen molar-refractivity contribution in [2.24, 2.45) is 0 Å². The molecule has 0 aromatic heterocycles. The van der Waals surface area contributed by atoms with Gasteiger partial charge in [-0.1, -0.05) is 30.5 Å². The number of hydrogen-bond acceptors (Lipinski definition) is 3. The van der Waals surface area contributed by atoms with E-state index in [1.807, 2.05) is 17.8 Å². The first-order valence-electron chi connectivity index (χ1n) is 6.45. The highest BCUT2D eigenvalue weighted by Gasteiger charge is 2.24. The summed E-state index contributed by atoms with van der Waals surface area (Å²) in [6.45, 7) is 0.646. The van der Waals surface area contributed by atoms with Gasteiger partial charge < -0.3 is 10.4 Å². The molecule has 1 aromatic carbocycles. The molecule has 1 fully saturated rings. The molecule has 0 aliphatic heterocycles. The fourth-order valence-electron chi connectivity index (χ4n) is 2.57. The molecule has 2 atom stereocenters. The first-order valence-corrected chi connectivity index (χ1v) is 8.11. The summed E-state index contributed by atoms with van der Waals surface area (Å²) in [6, 6.07) is 5.82. The van der Waals surface area contributed by atoms with E-state index in [1.54, 1.807) is 12.1 Å². The molecule has 100 valence electrons. The Labute approximate surface area is 118 Å². The van der Waals surface area contributed by atoms with Crippen LogP contribution < -0.4 is 5.32 Å². The predicted octanol–water partition coefficient (Wildman–Crippen LogP) is 3.81. The first kappa shape index (κ1) is 14.0. The zero-order valence-electron chi connectivity index (χ0n) is 10.7. The van der Waals surface area contributed by atoms with Crippen LogP contribution in [0.4, 0.5) is 0 Å². The van der Waals surface area contributed by atoms with Gasteiger partial charge in [-0.2, -0.15) is 11.8 Å². The van der Waals surface area contributed by atoms with Crippen molar-refractivity contribution in [3.8, 4) is 5.75 Å². The lowest BCUT2D eigenvalue weighted by molar-refractivity contribution is 0.379. The number of rotatable bonds is 4. The minimum absolute atomic E-state index is 0.284. The SMILES string of the molecule is CSC1CCCCC1NCc1c(O)cccc1Cl. The van der Waals surface area contributed by atoms with Crippen LogP contribution in [-0.2, 0) is 6.54 Å². The van der Waals surface area contributed by atoms with Crippen LogP contribution in [0.3, 0.4) is 0 Å². The summed E-state index contributed by atoms with van der Waals surface area (Å²) in [7, 11) is 0. The second-order valence-electron chi connectivity index (χ2n) is 4.78. The van der Waals surface area contributed by atoms with E-state index in [1.165, 1.54) is 25.7 Å². The number of nitrogens with one attached hydrogen (secondary N) is 1. The molecule has 1 aromatic rings. The highest BCUT2D eigenvalue weighted by atomic mass is 35.5. The molecule has 2 N–H and O–H groups in total. The van der Waals surface area contributed by atoms with Crippen LogP contribution in [0.1, 0.15) is 31.2 Å². The Bertz CT molecular complexity index is 379. The molecule has 1 aliphatic carbocycles. The fourth-order valence-corrected chi connectivity index (χ4v) is 3.77. The summed E-state index contributed by atoms with van der Waals surface area (Å²) in [6.07, 6.45) is 7.31. The number of phenolic OH excluding ortho intramolecular Hbond substituents is 1. The van der Waals surface area contributed by atoms with Crippen LogP contribution in [0.5, 0.6) is 5.75 Å². The molecule has 0 radical (unpaired) electrons. The number of halogens is 1. The Morgan fingerprint density at radius 2 is 2.17 bits per heavy atom. The number of hydrogen-bond donors (Lipinski definition) is 2. The molecule has 2 rings (SSSR count). The summed E-state index contributed by atoms with van der Waals surface area (Å²) in [5.74, 6) is 0.284. The molecular weight excluding hydrogens is 266 g/mol. The molecule has 0 heterocycles. The van der Waals surface area contributed by atoms with Crippen molar-refractivity contribution in [3.05, 3.63) is 28.8 Å². The molecule has 2 unspecified atom stereocenters. The van der Waals surface area contributed by atoms with Crippen molar-refractivity contribution in [2.45, 2.75) is 43.5 Å². The average Bonchev–Trinajstić information content (AvgIpc) is 2.38. The van der Waals surface area contributed by atoms with E-state index in [0.29, 0.717) is 22.9 Å². The number of benzene rings is 1. The molecule has 0 amide bonds. The van der Waals surface area contributed by atoms with Crippen LogP contribution in [0.15, 0.2) is 18.2 Å². The molecule has 0 saturated heterocycles. The third-order valence-corrected chi connectivity index (χ3v) is 5.16. The van der Waals surface area contributed by atoms with Gasteiger partial charge in [0.05, 0.1) is 0 Å². The maximum atomic E-state index is 9.81. The summed E-state index contributed by atoms with van der Waals surface area (Å²) >= 11 is 8.05. The minimum atomic E-state index is 0.284. The molecule has 18 heavy (non-hydrogen) atoms. The Kier molecular flexibility index (Phi) is 5.22. The van der Waals surface area contributed by atoms with Crippen molar-refractivity contribution < 1.29 is 5.11 Å². The van der Waals surface area contributed by atoms with Gasteiger partial charge in [-0.05, 0) is 31.2 Å². The Morgan fingerprint density at radius 1 is 1.39 bits per heavy atom. The quantitative estimate of drug-likeness (QED) is 0.882. The topological polar surface area (TPSA) is 32.3 Å². The van der Waals surface area contributed by atoms with Crippen LogP contribution in [0.25, 0.3) is 0 Å². The largest absolute Gasteiger partial charge is 0.508 e. The van der Waals surface area contributed by atoms with Crippen molar-refractivity contribution in [3.63, 3.8) is 0 Å². The summed E-state index contributed by atoms with van der Waals surface area (Å²) in [5.41, 5.74) is 0.810. The van der Waals surface area contributed by atoms with Crippen molar-refractivity contribution in [2.75, 3.05) is 6.26 Å². The lowest BCUT2D eigenvalue weighted by Crippen LogP contribution is -2.40. The monoisotopic (exact) mass is 285 g/mol. The maximum absolute atomic E-state index is 9.81. The third-order valence-electron chi connectivity index (χ3n) is 3.64. The second kappa shape index (κ2) is 6.69. The zero-order chi connectivity index (χ0) is 13.0. The van der Waals surface area contributed by atoms with Gasteiger partial charge in [0.2, 0.25) is 0 Å². The van der Waals surface area contributed by atoms with E-state index >= 15 is 0 Å². The van der Waals surface area contributed by atoms with Crippen LogP contribution in [0.2, 0.25) is 5.02 Å². The van der Waals surface area contributed by atoms with E-state index in [-0.39, 0.29) is 5.75 Å². The van der Waals surface area contributed by atoms with Crippen molar-refractivity contribution >= 4 is 23.4 Å². The van der Waals surface area contributed by atoms with E-state index in [9.17, 15) is 5.11 Å². The Balaban J connectivity index is 1.98. The summed E-state index contributed by atoms with van der Waals surface area (Å²) < 4.78 is 0. The maximum Gasteiger partial charge on any atom is 0.121 e. The van der Waals surface area contributed by atoms with Crippen molar-refractivity contribution in [1.82, 2.24) is 5.32 Å². The zero-order valence-corrected chi connectivity index (χ0v) is 12.2. The molecule has 2 nitrogen and oxygen atoms in total. The second-order valence-corrected chi connectivity index (χ2v) is 6.27. The lowest BCUT2D eigenvalue weighted by atomic mass is 9.94. The Hall–Kier alpha value is -0.380. The van der Waals surface area contributed by atoms with Crippen molar-refractivity contribution in [1.29, 1.82) is 0 Å². The van der Waals surface area contributed by atoms with Gasteiger partial charge in [-0.15, -0.1) is 0 Å². The first-order chi connectivity index (χ1) is 8.72. The number of aromatic hydroxyl groups is 1. The Morgan fingerprint density at radius 3 is 2.89 bits per heavy atom. The molecule has 0 spiro atoms. The highest BCUT2D eigenvalue weighted by Crippen LogP contribution is 2.29. The number of phenols is 1. The average molecular weight is 286 g/mol. The van der Waals surface area contributed by atoms with Crippen LogP contribution in [0, 0.1) is 0 Å². The molecular formula is C14H20ClNOS. The van der Waals surface area contributed by atoms with E-state index < -0.39 is 0 Å². The van der Waals surface area contributed by atoms with Gasteiger partial charge in [0.1, 0.15) is 5.75 Å². The molecule has 1 aliphatic rings. The van der Waals surface area contributed by atoms with Gasteiger partial charge in [0, 0.05) is 28.4 Å². The van der Waals surface area contributed by atoms with E-state index in [0.717, 1.165) is 5.56 Å². The standard InChI is InChI=1S/C14H20ClNOS/c1-18-14-8-3-2-6-12(14)16-9-10-11(15)5-4-7-13(10)17/h4-5,7,12,14,16-17H,2-3,6,8-9H2,1H3. The summed E-state index contributed by atoms with van der Waals surface area (Å²) in [4.78, 5) is 0. The summed E-state index contributed by atoms with van der Waals surface area (Å²) in [5, 5.41) is 14.7. The fraction of sp³-hybridized carbons (Fsp3) is 0.571. The van der Waals surface area contributed by atoms with E-state index in [2.05, 4.69) is 11.6 Å². The lowest BCUT2D eigenvalue weighted by Gasteiger charge is -2.31. The highest BCUT2D eigenvalue weighted by molar-refractivity contribution is 7.99. The normalized spacial score (nSPS) is 24.1. The van der Waals surface area contributed by atoms with Gasteiger partial charge in [0.25, 0.3) is 0 Å². The van der Waals surface area contributed by atoms with Crippen LogP contribution >= 0.6 is 23.4 Å². The number of thioether (sulfide) groups is 1. The van der Waals surface area contributed by atoms with Crippen LogP contribution in [-0.4, -0.2) is 22.7 Å². The minimum Gasteiger partial charge on any atom is -0.508 e. The van der Waals surface area contributed by atoms with Gasteiger partial charge >= 0.3 is 0 Å². The van der Waals surface area contributed by atoms with E-state index in [4.69, 9.17) is 11.6 Å². The third kappa shape index (κ3) is 3.34. The smallest absolute Gasteiger partial charge is 0.121 e. The molecule has 4 heteroatoms. The van der Waals surface area contributed by atoms with Gasteiger partial charge in [-0.3, -0.25) is 0 Å². The van der Waals surface area contributed by atoms with Gasteiger partial charge in [0.15, 0.2) is 0 Å². The molecule has 1 saturated carbocycles.